The second-order valence-electron chi connectivity index (χ2n) is 4.80. The molecule has 1 amide bonds. The second kappa shape index (κ2) is 4.34. The molecule has 0 saturated carbocycles. The van der Waals surface area contributed by atoms with Gasteiger partial charge in [0.2, 0.25) is 5.91 Å². The van der Waals surface area contributed by atoms with Gasteiger partial charge < -0.3 is 10.4 Å². The van der Waals surface area contributed by atoms with E-state index < -0.39 is 0 Å². The van der Waals surface area contributed by atoms with Crippen molar-refractivity contribution in [3.63, 3.8) is 0 Å². The molecular weight excluding hydrogens is 190 g/mol. The average Bonchev–Trinajstić information content (AvgIpc) is 2.05. The number of aromatic hydroxyl groups is 1. The van der Waals surface area contributed by atoms with Gasteiger partial charge in [0.1, 0.15) is 5.75 Å². The Morgan fingerprint density at radius 1 is 1.33 bits per heavy atom. The molecule has 1 aromatic carbocycles. The Balaban J connectivity index is 2.64. The normalized spacial score (nSPS) is 11.1. The number of para-hydroxylation sites is 2. The van der Waals surface area contributed by atoms with Crippen molar-refractivity contribution < 1.29 is 9.90 Å². The molecule has 0 aromatic heterocycles. The Hall–Kier alpha value is -1.51. The number of benzene rings is 1. The summed E-state index contributed by atoms with van der Waals surface area (Å²) in [5.74, 6) is 0.0174. The third-order valence-electron chi connectivity index (χ3n) is 1.87. The quantitative estimate of drug-likeness (QED) is 0.732. The topological polar surface area (TPSA) is 49.3 Å². The molecule has 0 aliphatic carbocycles. The van der Waals surface area contributed by atoms with Crippen LogP contribution in [0.25, 0.3) is 0 Å². The number of amides is 1. The number of carbonyl (C=O) groups is 1. The fourth-order valence-corrected chi connectivity index (χ4v) is 1.26. The molecule has 0 fully saturated rings. The van der Waals surface area contributed by atoms with Gasteiger partial charge in [-0.05, 0) is 17.5 Å². The first-order valence-corrected chi connectivity index (χ1v) is 4.96. The van der Waals surface area contributed by atoms with Crippen LogP contribution in [0.5, 0.6) is 5.75 Å². The predicted octanol–water partition coefficient (Wildman–Crippen LogP) is 2.77. The zero-order valence-electron chi connectivity index (χ0n) is 9.37. The molecule has 0 unspecified atom stereocenters. The fraction of sp³-hybridized carbons (Fsp3) is 0.417. The largest absolute Gasteiger partial charge is 0.506 e. The molecule has 0 heterocycles. The summed E-state index contributed by atoms with van der Waals surface area (Å²) in [4.78, 5) is 11.6. The number of phenols is 1. The van der Waals surface area contributed by atoms with E-state index in [1.165, 1.54) is 0 Å². The van der Waals surface area contributed by atoms with Crippen LogP contribution in [0.15, 0.2) is 24.3 Å². The van der Waals surface area contributed by atoms with Gasteiger partial charge in [-0.3, -0.25) is 4.79 Å². The molecule has 0 saturated heterocycles. The number of anilines is 1. The van der Waals surface area contributed by atoms with Gasteiger partial charge in [-0.15, -0.1) is 0 Å². The zero-order chi connectivity index (χ0) is 11.5. The van der Waals surface area contributed by atoms with Crippen LogP contribution in [0.1, 0.15) is 27.2 Å². The summed E-state index contributed by atoms with van der Waals surface area (Å²) in [5, 5.41) is 12.1. The number of hydrogen-bond acceptors (Lipinski definition) is 2. The van der Waals surface area contributed by atoms with Gasteiger partial charge in [0.15, 0.2) is 0 Å². The van der Waals surface area contributed by atoms with E-state index in [0.29, 0.717) is 12.1 Å². The van der Waals surface area contributed by atoms with Gasteiger partial charge in [-0.1, -0.05) is 32.9 Å². The van der Waals surface area contributed by atoms with Crippen LogP contribution in [0.4, 0.5) is 5.69 Å². The van der Waals surface area contributed by atoms with Crippen molar-refractivity contribution in [2.45, 2.75) is 27.2 Å². The third kappa shape index (κ3) is 4.02. The van der Waals surface area contributed by atoms with Crippen LogP contribution in [0, 0.1) is 5.41 Å². The number of phenolic OH excluding ortho intramolecular Hbond substituents is 1. The lowest BCUT2D eigenvalue weighted by Gasteiger charge is -2.17. The van der Waals surface area contributed by atoms with Gasteiger partial charge in [0.05, 0.1) is 5.69 Å². The minimum Gasteiger partial charge on any atom is -0.506 e. The lowest BCUT2D eigenvalue weighted by molar-refractivity contribution is -0.117. The van der Waals surface area contributed by atoms with Crippen LogP contribution < -0.4 is 5.32 Å². The molecule has 3 nitrogen and oxygen atoms in total. The van der Waals surface area contributed by atoms with Crippen molar-refractivity contribution in [2.75, 3.05) is 5.32 Å². The Labute approximate surface area is 90.1 Å². The monoisotopic (exact) mass is 207 g/mol. The molecule has 0 bridgehead atoms. The first kappa shape index (κ1) is 11.6. The maximum Gasteiger partial charge on any atom is 0.224 e. The molecule has 82 valence electrons. The summed E-state index contributed by atoms with van der Waals surface area (Å²) >= 11 is 0. The van der Waals surface area contributed by atoms with Crippen LogP contribution in [-0.4, -0.2) is 11.0 Å². The van der Waals surface area contributed by atoms with E-state index in [0.717, 1.165) is 0 Å². The van der Waals surface area contributed by atoms with E-state index >= 15 is 0 Å². The average molecular weight is 207 g/mol. The van der Waals surface area contributed by atoms with E-state index in [4.69, 9.17) is 0 Å². The molecule has 0 radical (unpaired) electrons. The van der Waals surface area contributed by atoms with Crippen LogP contribution >= 0.6 is 0 Å². The number of hydrogen-bond donors (Lipinski definition) is 2. The third-order valence-corrected chi connectivity index (χ3v) is 1.87. The molecule has 0 aliphatic heterocycles. The number of rotatable bonds is 2. The highest BCUT2D eigenvalue weighted by atomic mass is 16.3. The smallest absolute Gasteiger partial charge is 0.224 e. The summed E-state index contributed by atoms with van der Waals surface area (Å²) in [6, 6.07) is 6.71. The Kier molecular flexibility index (Phi) is 3.35. The van der Waals surface area contributed by atoms with Gasteiger partial charge in [0.25, 0.3) is 0 Å². The molecule has 1 aromatic rings. The Bertz CT molecular complexity index is 353. The van der Waals surface area contributed by atoms with Crippen LogP contribution in [0.3, 0.4) is 0 Å². The summed E-state index contributed by atoms with van der Waals surface area (Å²) in [6.07, 6.45) is 0.432. The first-order valence-electron chi connectivity index (χ1n) is 4.96. The summed E-state index contributed by atoms with van der Waals surface area (Å²) in [5.41, 5.74) is 0.417. The van der Waals surface area contributed by atoms with Crippen LogP contribution in [-0.2, 0) is 4.79 Å². The fourth-order valence-electron chi connectivity index (χ4n) is 1.26. The molecule has 15 heavy (non-hydrogen) atoms. The van der Waals surface area contributed by atoms with Crippen molar-refractivity contribution in [3.05, 3.63) is 24.3 Å². The molecule has 1 rings (SSSR count). The molecule has 2 N–H and O–H groups in total. The van der Waals surface area contributed by atoms with E-state index in [1.807, 2.05) is 20.8 Å². The minimum atomic E-state index is -0.0796. The van der Waals surface area contributed by atoms with Crippen molar-refractivity contribution in [3.8, 4) is 5.75 Å². The van der Waals surface area contributed by atoms with Crippen molar-refractivity contribution >= 4 is 11.6 Å². The summed E-state index contributed by atoms with van der Waals surface area (Å²) < 4.78 is 0. The standard InChI is InChI=1S/C12H17NO2/c1-12(2,3)8-11(15)13-9-6-4-5-7-10(9)14/h4-7,14H,8H2,1-3H3,(H,13,15). The summed E-state index contributed by atoms with van der Waals surface area (Å²) in [6.45, 7) is 5.99. The van der Waals surface area contributed by atoms with E-state index in [-0.39, 0.29) is 17.1 Å². The zero-order valence-corrected chi connectivity index (χ0v) is 9.37. The molecular formula is C12H17NO2. The number of carbonyl (C=O) groups excluding carboxylic acids is 1. The van der Waals surface area contributed by atoms with Crippen LogP contribution in [0.2, 0.25) is 0 Å². The number of nitrogens with one attached hydrogen (secondary N) is 1. The van der Waals surface area contributed by atoms with E-state index in [1.54, 1.807) is 24.3 Å². The van der Waals surface area contributed by atoms with Gasteiger partial charge in [-0.25, -0.2) is 0 Å². The lowest BCUT2D eigenvalue weighted by Crippen LogP contribution is -2.19. The summed E-state index contributed by atoms with van der Waals surface area (Å²) in [7, 11) is 0. The Morgan fingerprint density at radius 2 is 1.93 bits per heavy atom. The van der Waals surface area contributed by atoms with Crippen molar-refractivity contribution in [2.24, 2.45) is 5.41 Å². The minimum absolute atomic E-state index is 0.0471. The highest BCUT2D eigenvalue weighted by molar-refractivity contribution is 5.92. The van der Waals surface area contributed by atoms with Gasteiger partial charge in [-0.2, -0.15) is 0 Å². The molecule has 0 spiro atoms. The first-order chi connectivity index (χ1) is 6.88. The van der Waals surface area contributed by atoms with E-state index in [2.05, 4.69) is 5.32 Å². The Morgan fingerprint density at radius 3 is 2.47 bits per heavy atom. The van der Waals surface area contributed by atoms with Crippen molar-refractivity contribution in [1.29, 1.82) is 0 Å². The van der Waals surface area contributed by atoms with Gasteiger partial charge >= 0.3 is 0 Å². The maximum atomic E-state index is 11.6. The molecule has 0 atom stereocenters. The van der Waals surface area contributed by atoms with E-state index in [9.17, 15) is 9.90 Å². The maximum absolute atomic E-state index is 11.6. The molecule has 3 heteroatoms. The SMILES string of the molecule is CC(C)(C)CC(=O)Nc1ccccc1O. The van der Waals surface area contributed by atoms with Gasteiger partial charge in [0, 0.05) is 6.42 Å². The van der Waals surface area contributed by atoms with Crippen molar-refractivity contribution in [1.82, 2.24) is 0 Å². The highest BCUT2D eigenvalue weighted by Gasteiger charge is 2.16. The second-order valence-corrected chi connectivity index (χ2v) is 4.80. The molecule has 0 aliphatic rings. The lowest BCUT2D eigenvalue weighted by atomic mass is 9.92. The highest BCUT2D eigenvalue weighted by Crippen LogP contribution is 2.24. The predicted molar refractivity (Wildman–Crippen MR) is 60.8 cm³/mol.